The maximum Gasteiger partial charge on any atom is 0.0912 e. The number of rotatable bonds is 3. The number of hydrogen-bond acceptors (Lipinski definition) is 2. The van der Waals surface area contributed by atoms with Crippen LogP contribution in [-0.4, -0.2) is 12.0 Å². The van der Waals surface area contributed by atoms with Gasteiger partial charge in [-0.3, -0.25) is 4.98 Å². The van der Waals surface area contributed by atoms with E-state index in [1.165, 1.54) is 0 Å². The van der Waals surface area contributed by atoms with Gasteiger partial charge in [0.2, 0.25) is 0 Å². The topological polar surface area (TPSA) is 24.9 Å². The predicted molar refractivity (Wildman–Crippen MR) is 74.8 cm³/mol. The molecule has 0 saturated carbocycles. The van der Waals surface area contributed by atoms with Gasteiger partial charge in [0.15, 0.2) is 0 Å². The third-order valence-electron chi connectivity index (χ3n) is 2.73. The van der Waals surface area contributed by atoms with Crippen molar-refractivity contribution >= 4 is 28.2 Å². The maximum atomic E-state index is 6.20. The molecule has 0 aliphatic rings. The van der Waals surface area contributed by atoms with E-state index >= 15 is 0 Å². The fraction of sp³-hybridized carbons (Fsp3) is 0.357. The van der Waals surface area contributed by atoms with Gasteiger partial charge in [-0.2, -0.15) is 0 Å². The summed E-state index contributed by atoms with van der Waals surface area (Å²) in [6, 6.07) is 7.99. The highest BCUT2D eigenvalue weighted by molar-refractivity contribution is 6.35. The lowest BCUT2D eigenvalue weighted by molar-refractivity contribution is 0.637. The quantitative estimate of drug-likeness (QED) is 0.884. The first-order valence-corrected chi connectivity index (χ1v) is 6.25. The molecule has 0 atom stereocenters. The highest BCUT2D eigenvalue weighted by atomic mass is 35.5. The predicted octanol–water partition coefficient (Wildman–Crippen LogP) is 4.13. The van der Waals surface area contributed by atoms with E-state index in [1.807, 2.05) is 25.2 Å². The number of fused-ring (bicyclic) bond motifs is 1. The summed E-state index contributed by atoms with van der Waals surface area (Å²) in [5.74, 6) is 0.590. The van der Waals surface area contributed by atoms with Crippen LogP contribution in [0.4, 0.5) is 5.69 Å². The summed E-state index contributed by atoms with van der Waals surface area (Å²) in [4.78, 5) is 4.65. The van der Waals surface area contributed by atoms with Crippen LogP contribution in [0.1, 0.15) is 19.5 Å². The van der Waals surface area contributed by atoms with Crippen molar-refractivity contribution in [1.82, 2.24) is 4.98 Å². The third-order valence-corrected chi connectivity index (χ3v) is 3.04. The minimum Gasteiger partial charge on any atom is -0.388 e. The summed E-state index contributed by atoms with van der Waals surface area (Å²) in [5.41, 5.74) is 3.06. The Morgan fingerprint density at radius 2 is 2.12 bits per heavy atom. The van der Waals surface area contributed by atoms with E-state index in [1.54, 1.807) is 0 Å². The van der Waals surface area contributed by atoms with Crippen molar-refractivity contribution in [3.05, 3.63) is 35.0 Å². The monoisotopic (exact) mass is 248 g/mol. The first-order valence-electron chi connectivity index (χ1n) is 5.87. The van der Waals surface area contributed by atoms with Gasteiger partial charge in [-0.1, -0.05) is 37.6 Å². The van der Waals surface area contributed by atoms with E-state index in [2.05, 4.69) is 30.2 Å². The van der Waals surface area contributed by atoms with E-state index in [0.717, 1.165) is 28.7 Å². The van der Waals surface area contributed by atoms with E-state index in [0.29, 0.717) is 10.9 Å². The van der Waals surface area contributed by atoms with Crippen LogP contribution < -0.4 is 5.32 Å². The van der Waals surface area contributed by atoms with E-state index in [4.69, 9.17) is 11.6 Å². The lowest BCUT2D eigenvalue weighted by atomic mass is 10.1. The molecule has 90 valence electrons. The van der Waals surface area contributed by atoms with Crippen LogP contribution in [0.5, 0.6) is 0 Å². The Morgan fingerprint density at radius 1 is 1.35 bits per heavy atom. The van der Waals surface area contributed by atoms with Crippen LogP contribution >= 0.6 is 11.6 Å². The Morgan fingerprint density at radius 3 is 2.76 bits per heavy atom. The molecule has 2 aromatic rings. The van der Waals surface area contributed by atoms with Crippen molar-refractivity contribution in [2.24, 2.45) is 5.92 Å². The van der Waals surface area contributed by atoms with Crippen molar-refractivity contribution in [3.8, 4) is 0 Å². The molecule has 0 fully saturated rings. The fourth-order valence-electron chi connectivity index (χ4n) is 2.00. The van der Waals surface area contributed by atoms with E-state index in [9.17, 15) is 0 Å². The van der Waals surface area contributed by atoms with Gasteiger partial charge < -0.3 is 5.32 Å². The number of pyridine rings is 1. The van der Waals surface area contributed by atoms with Crippen LogP contribution in [0.25, 0.3) is 10.9 Å². The van der Waals surface area contributed by atoms with Crippen LogP contribution in [0.15, 0.2) is 24.3 Å². The summed E-state index contributed by atoms with van der Waals surface area (Å²) in [7, 11) is 1.93. The molecule has 0 bridgehead atoms. The largest absolute Gasteiger partial charge is 0.388 e. The van der Waals surface area contributed by atoms with Crippen molar-refractivity contribution < 1.29 is 0 Å². The standard InChI is InChI=1S/C14H17ClN2/c1-9(2)7-10-8-13(16-3)11-5-4-6-12(15)14(11)17-10/h4-6,8-9H,7H2,1-3H3,(H,16,17). The number of aromatic nitrogens is 1. The summed E-state index contributed by atoms with van der Waals surface area (Å²) in [6.07, 6.45) is 0.968. The lowest BCUT2D eigenvalue weighted by Crippen LogP contribution is -2.00. The number of benzene rings is 1. The molecule has 0 saturated heterocycles. The van der Waals surface area contributed by atoms with Crippen molar-refractivity contribution in [3.63, 3.8) is 0 Å². The molecule has 2 nitrogen and oxygen atoms in total. The van der Waals surface area contributed by atoms with Gasteiger partial charge in [-0.25, -0.2) is 0 Å². The fourth-order valence-corrected chi connectivity index (χ4v) is 2.21. The van der Waals surface area contributed by atoms with Gasteiger partial charge in [0.05, 0.1) is 10.5 Å². The highest BCUT2D eigenvalue weighted by Gasteiger charge is 2.08. The molecular weight excluding hydrogens is 232 g/mol. The second-order valence-electron chi connectivity index (χ2n) is 4.65. The van der Waals surface area contributed by atoms with Crippen molar-refractivity contribution in [2.75, 3.05) is 12.4 Å². The summed E-state index contributed by atoms with van der Waals surface area (Å²) in [5, 5.41) is 5.00. The zero-order valence-electron chi connectivity index (χ0n) is 10.4. The molecule has 1 aromatic carbocycles. The SMILES string of the molecule is CNc1cc(CC(C)C)nc2c(Cl)cccc12. The Bertz CT molecular complexity index is 535. The molecule has 0 aliphatic carbocycles. The van der Waals surface area contributed by atoms with E-state index in [-0.39, 0.29) is 0 Å². The van der Waals surface area contributed by atoms with Gasteiger partial charge in [-0.15, -0.1) is 0 Å². The van der Waals surface area contributed by atoms with Gasteiger partial charge >= 0.3 is 0 Å². The number of anilines is 1. The lowest BCUT2D eigenvalue weighted by Gasteiger charge is -2.11. The maximum absolute atomic E-state index is 6.20. The van der Waals surface area contributed by atoms with Crippen molar-refractivity contribution in [2.45, 2.75) is 20.3 Å². The van der Waals surface area contributed by atoms with Crippen LogP contribution in [0, 0.1) is 5.92 Å². The summed E-state index contributed by atoms with van der Waals surface area (Å²) < 4.78 is 0. The zero-order valence-corrected chi connectivity index (χ0v) is 11.2. The van der Waals surface area contributed by atoms with Gasteiger partial charge in [0, 0.05) is 23.8 Å². The molecule has 0 amide bonds. The second-order valence-corrected chi connectivity index (χ2v) is 5.05. The van der Waals surface area contributed by atoms with Crippen LogP contribution in [0.2, 0.25) is 5.02 Å². The average molecular weight is 249 g/mol. The molecule has 1 aromatic heterocycles. The number of para-hydroxylation sites is 1. The molecular formula is C14H17ClN2. The number of hydrogen-bond donors (Lipinski definition) is 1. The molecule has 0 radical (unpaired) electrons. The van der Waals surface area contributed by atoms with Crippen LogP contribution in [-0.2, 0) is 6.42 Å². The molecule has 2 rings (SSSR count). The Labute approximate surface area is 107 Å². The molecule has 3 heteroatoms. The zero-order chi connectivity index (χ0) is 12.4. The molecule has 1 heterocycles. The molecule has 0 spiro atoms. The normalized spacial score (nSPS) is 11.1. The third kappa shape index (κ3) is 2.52. The average Bonchev–Trinajstić information content (AvgIpc) is 2.28. The van der Waals surface area contributed by atoms with Gasteiger partial charge in [-0.05, 0) is 24.5 Å². The Hall–Kier alpha value is -1.28. The summed E-state index contributed by atoms with van der Waals surface area (Å²) in [6.45, 7) is 4.38. The van der Waals surface area contributed by atoms with Crippen molar-refractivity contribution in [1.29, 1.82) is 0 Å². The first-order chi connectivity index (χ1) is 8.11. The minimum absolute atomic E-state index is 0.590. The van der Waals surface area contributed by atoms with Crippen LogP contribution in [0.3, 0.4) is 0 Å². The molecule has 1 N–H and O–H groups in total. The molecule has 17 heavy (non-hydrogen) atoms. The molecule has 0 unspecified atom stereocenters. The minimum atomic E-state index is 0.590. The van der Waals surface area contributed by atoms with Gasteiger partial charge in [0.1, 0.15) is 0 Å². The first kappa shape index (κ1) is 12.2. The Balaban J connectivity index is 2.63. The Kier molecular flexibility index (Phi) is 3.53. The highest BCUT2D eigenvalue weighted by Crippen LogP contribution is 2.28. The van der Waals surface area contributed by atoms with Gasteiger partial charge in [0.25, 0.3) is 0 Å². The van der Waals surface area contributed by atoms with E-state index < -0.39 is 0 Å². The number of nitrogens with zero attached hydrogens (tertiary/aromatic N) is 1. The summed E-state index contributed by atoms with van der Waals surface area (Å²) >= 11 is 6.20. The number of nitrogens with one attached hydrogen (secondary N) is 1. The molecule has 0 aliphatic heterocycles. The number of halogens is 1. The smallest absolute Gasteiger partial charge is 0.0912 e. The second kappa shape index (κ2) is 4.92.